The van der Waals surface area contributed by atoms with Crippen molar-refractivity contribution in [3.8, 4) is 11.3 Å². The highest BCUT2D eigenvalue weighted by Gasteiger charge is 2.36. The Kier molecular flexibility index (Phi) is 4.73. The molecule has 5 rings (SSSR count). The molecule has 1 N–H and O–H groups in total. The Labute approximate surface area is 165 Å². The number of rotatable bonds is 2. The van der Waals surface area contributed by atoms with Gasteiger partial charge in [-0.2, -0.15) is 5.10 Å². The molecule has 0 aromatic carbocycles. The van der Waals surface area contributed by atoms with Gasteiger partial charge in [-0.25, -0.2) is 4.98 Å². The second-order valence-electron chi connectivity index (χ2n) is 7.37. The summed E-state index contributed by atoms with van der Waals surface area (Å²) in [5.74, 6) is 0.191. The molecule has 0 aliphatic carbocycles. The largest absolute Gasteiger partial charge is 0.378 e. The number of morpholine rings is 1. The third-order valence-electron chi connectivity index (χ3n) is 5.64. The zero-order valence-electron chi connectivity index (χ0n) is 15.6. The van der Waals surface area contributed by atoms with Crippen molar-refractivity contribution in [1.82, 2.24) is 25.0 Å². The summed E-state index contributed by atoms with van der Waals surface area (Å²) in [6, 6.07) is 3.97. The van der Waals surface area contributed by atoms with Crippen molar-refractivity contribution < 1.29 is 13.7 Å². The minimum Gasteiger partial charge on any atom is -0.378 e. The molecule has 28 heavy (non-hydrogen) atoms. The molecular formula is C19H23N5O3S. The lowest BCUT2D eigenvalue weighted by atomic mass is 10.0. The van der Waals surface area contributed by atoms with Gasteiger partial charge in [0.15, 0.2) is 5.69 Å². The maximum Gasteiger partial charge on any atom is 0.274 e. The average molecular weight is 401 g/mol. The average Bonchev–Trinajstić information content (AvgIpc) is 3.14. The first kappa shape index (κ1) is 18.0. The lowest BCUT2D eigenvalue weighted by Gasteiger charge is -2.26. The van der Waals surface area contributed by atoms with E-state index >= 15 is 0 Å². The minimum absolute atomic E-state index is 0.0913. The van der Waals surface area contributed by atoms with Crippen molar-refractivity contribution in [2.75, 3.05) is 39.4 Å². The van der Waals surface area contributed by atoms with E-state index in [9.17, 15) is 9.00 Å². The van der Waals surface area contributed by atoms with E-state index in [0.29, 0.717) is 37.0 Å². The van der Waals surface area contributed by atoms with Crippen LogP contribution >= 0.6 is 0 Å². The van der Waals surface area contributed by atoms with Gasteiger partial charge >= 0.3 is 0 Å². The molecule has 2 atom stereocenters. The number of aromatic nitrogens is 3. The molecule has 0 spiro atoms. The second-order valence-corrected chi connectivity index (χ2v) is 8.74. The van der Waals surface area contributed by atoms with Crippen molar-refractivity contribution in [3.05, 3.63) is 29.6 Å². The number of pyridine rings is 1. The molecule has 2 aromatic rings. The van der Waals surface area contributed by atoms with E-state index in [1.807, 2.05) is 16.8 Å². The monoisotopic (exact) mass is 401 g/mol. The molecule has 148 valence electrons. The first-order valence-corrected chi connectivity index (χ1v) is 11.1. The summed E-state index contributed by atoms with van der Waals surface area (Å²) < 4.78 is 20.2. The number of hydrogen-bond donors (Lipinski definition) is 1. The van der Waals surface area contributed by atoms with Crippen molar-refractivity contribution in [2.24, 2.45) is 0 Å². The van der Waals surface area contributed by atoms with Crippen molar-refractivity contribution >= 4 is 16.7 Å². The number of amides is 1. The molecule has 9 heteroatoms. The molecule has 1 unspecified atom stereocenters. The molecule has 0 saturated carbocycles. The van der Waals surface area contributed by atoms with Gasteiger partial charge in [0.05, 0.1) is 41.5 Å². The predicted octanol–water partition coefficient (Wildman–Crippen LogP) is 0.963. The Bertz CT molecular complexity index is 932. The van der Waals surface area contributed by atoms with E-state index in [1.54, 1.807) is 11.1 Å². The Morgan fingerprint density at radius 3 is 2.96 bits per heavy atom. The summed E-state index contributed by atoms with van der Waals surface area (Å²) in [7, 11) is -1.28. The van der Waals surface area contributed by atoms with Crippen LogP contribution in [0.1, 0.15) is 34.9 Å². The van der Waals surface area contributed by atoms with Gasteiger partial charge in [-0.15, -0.1) is 0 Å². The summed E-state index contributed by atoms with van der Waals surface area (Å²) >= 11 is 0. The summed E-state index contributed by atoms with van der Waals surface area (Å²) in [6.07, 6.45) is 3.74. The van der Waals surface area contributed by atoms with E-state index in [4.69, 9.17) is 9.84 Å². The number of ether oxygens (including phenoxy) is 1. The topological polar surface area (TPSA) is 89.3 Å². The molecule has 5 heterocycles. The zero-order chi connectivity index (χ0) is 19.1. The van der Waals surface area contributed by atoms with Crippen LogP contribution in [0.15, 0.2) is 23.4 Å². The second kappa shape index (κ2) is 7.38. The molecule has 0 bridgehead atoms. The van der Waals surface area contributed by atoms with Gasteiger partial charge in [-0.3, -0.25) is 13.7 Å². The fraction of sp³-hybridized carbons (Fsp3) is 0.526. The maximum atomic E-state index is 13.3. The SMILES string of the molecule is O=C(c1nn([C@@H]2CCCNC2)c2c1CS(=O)c1ncccc1-2)N1CCOCC1. The molecule has 8 nitrogen and oxygen atoms in total. The highest BCUT2D eigenvalue weighted by Crippen LogP contribution is 2.39. The molecule has 2 fully saturated rings. The Morgan fingerprint density at radius 1 is 1.32 bits per heavy atom. The maximum absolute atomic E-state index is 13.3. The van der Waals surface area contributed by atoms with Gasteiger partial charge in [-0.1, -0.05) is 0 Å². The number of piperidine rings is 1. The van der Waals surface area contributed by atoms with Crippen LogP contribution < -0.4 is 5.32 Å². The fourth-order valence-corrected chi connectivity index (χ4v) is 5.50. The van der Waals surface area contributed by atoms with Crippen LogP contribution in [0, 0.1) is 0 Å². The van der Waals surface area contributed by atoms with Gasteiger partial charge in [0.1, 0.15) is 5.03 Å². The first-order valence-electron chi connectivity index (χ1n) is 9.77. The lowest BCUT2D eigenvalue weighted by Crippen LogP contribution is -2.41. The quantitative estimate of drug-likeness (QED) is 0.806. The van der Waals surface area contributed by atoms with Crippen molar-refractivity contribution in [3.63, 3.8) is 0 Å². The lowest BCUT2D eigenvalue weighted by molar-refractivity contribution is 0.0297. The van der Waals surface area contributed by atoms with E-state index in [0.717, 1.165) is 42.8 Å². The van der Waals surface area contributed by atoms with Crippen LogP contribution in [0.2, 0.25) is 0 Å². The van der Waals surface area contributed by atoms with E-state index < -0.39 is 10.8 Å². The third-order valence-corrected chi connectivity index (χ3v) is 6.95. The van der Waals surface area contributed by atoms with E-state index in [1.165, 1.54) is 0 Å². The molecule has 0 radical (unpaired) electrons. The zero-order valence-corrected chi connectivity index (χ0v) is 16.4. The van der Waals surface area contributed by atoms with Crippen LogP contribution in [0.3, 0.4) is 0 Å². The van der Waals surface area contributed by atoms with Gasteiger partial charge < -0.3 is 15.0 Å². The summed E-state index contributed by atoms with van der Waals surface area (Å²) in [5, 5.41) is 8.82. The van der Waals surface area contributed by atoms with Crippen LogP contribution in [-0.2, 0) is 21.3 Å². The summed E-state index contributed by atoms with van der Waals surface area (Å²) in [4.78, 5) is 19.4. The van der Waals surface area contributed by atoms with Gasteiger partial charge in [0.2, 0.25) is 0 Å². The Balaban J connectivity index is 1.64. The Hall–Kier alpha value is -2.10. The van der Waals surface area contributed by atoms with Crippen LogP contribution in [0.25, 0.3) is 11.3 Å². The molecule has 2 saturated heterocycles. The van der Waals surface area contributed by atoms with Crippen LogP contribution in [-0.4, -0.2) is 69.2 Å². The third kappa shape index (κ3) is 2.98. The normalized spacial score (nSPS) is 24.5. The number of fused-ring (bicyclic) bond motifs is 3. The van der Waals surface area contributed by atoms with Crippen molar-refractivity contribution in [1.29, 1.82) is 0 Å². The van der Waals surface area contributed by atoms with Crippen LogP contribution in [0.4, 0.5) is 0 Å². The molecule has 1 amide bonds. The predicted molar refractivity (Wildman–Crippen MR) is 103 cm³/mol. The fourth-order valence-electron chi connectivity index (χ4n) is 4.24. The van der Waals surface area contributed by atoms with E-state index in [2.05, 4.69) is 10.3 Å². The summed E-state index contributed by atoms with van der Waals surface area (Å²) in [5.41, 5.74) is 2.97. The van der Waals surface area contributed by atoms with Gasteiger partial charge in [0.25, 0.3) is 5.91 Å². The highest BCUT2D eigenvalue weighted by molar-refractivity contribution is 7.84. The van der Waals surface area contributed by atoms with Gasteiger partial charge in [0, 0.05) is 37.0 Å². The number of carbonyl (C=O) groups is 1. The molecular weight excluding hydrogens is 378 g/mol. The number of hydrogen-bond acceptors (Lipinski definition) is 6. The van der Waals surface area contributed by atoms with Crippen LogP contribution in [0.5, 0.6) is 0 Å². The smallest absolute Gasteiger partial charge is 0.274 e. The molecule has 3 aliphatic rings. The number of carbonyl (C=O) groups excluding carboxylic acids is 1. The summed E-state index contributed by atoms with van der Waals surface area (Å²) in [6.45, 7) is 4.03. The number of nitrogens with zero attached hydrogens (tertiary/aromatic N) is 4. The van der Waals surface area contributed by atoms with E-state index in [-0.39, 0.29) is 17.7 Å². The molecule has 2 aromatic heterocycles. The van der Waals surface area contributed by atoms with Gasteiger partial charge in [-0.05, 0) is 31.5 Å². The minimum atomic E-state index is -1.28. The first-order chi connectivity index (χ1) is 13.7. The standard InChI is InChI=1S/C19H23N5O3S/c25-19(23-7-9-27-10-8-23)16-15-12-28(26)18-14(4-2-6-21-18)17(15)24(22-16)13-3-1-5-20-11-13/h2,4,6,13,20H,1,3,5,7-12H2/t13-,28?/m1/s1. The molecule has 3 aliphatic heterocycles. The van der Waals surface area contributed by atoms with Crippen molar-refractivity contribution in [2.45, 2.75) is 29.7 Å². The Morgan fingerprint density at radius 2 is 2.18 bits per heavy atom. The number of nitrogens with one attached hydrogen (secondary N) is 1. The highest BCUT2D eigenvalue weighted by atomic mass is 32.2.